The number of carbonyl (C=O) groups excluding carboxylic acids is 1. The van der Waals surface area contributed by atoms with Gasteiger partial charge in [-0.1, -0.05) is 60.2 Å². The highest BCUT2D eigenvalue weighted by Gasteiger charge is 2.18. The average Bonchev–Trinajstić information content (AvgIpc) is 3.12. The Bertz CT molecular complexity index is 873. The van der Waals surface area contributed by atoms with Crippen LogP contribution in [-0.4, -0.2) is 41.0 Å². The third-order valence-corrected chi connectivity index (χ3v) is 4.12. The van der Waals surface area contributed by atoms with Gasteiger partial charge in [-0.2, -0.15) is 9.67 Å². The van der Waals surface area contributed by atoms with E-state index in [9.17, 15) is 4.79 Å². The topological polar surface area (TPSA) is 66.2 Å². The predicted molar refractivity (Wildman–Crippen MR) is 103 cm³/mol. The molecule has 2 aromatic carbocycles. The summed E-state index contributed by atoms with van der Waals surface area (Å²) in [4.78, 5) is 17.2. The van der Waals surface area contributed by atoms with Gasteiger partial charge in [-0.3, -0.25) is 4.79 Å². The summed E-state index contributed by atoms with van der Waals surface area (Å²) in [6, 6.07) is 17.9. The molecule has 0 unspecified atom stereocenters. The van der Waals surface area contributed by atoms with Crippen molar-refractivity contribution < 1.29 is 14.3 Å². The van der Waals surface area contributed by atoms with Crippen LogP contribution in [-0.2, 0) is 11.2 Å². The molecule has 0 aliphatic rings. The van der Waals surface area contributed by atoms with Crippen molar-refractivity contribution in [2.24, 2.45) is 0 Å². The Morgan fingerprint density at radius 2 is 1.78 bits per heavy atom. The minimum Gasteiger partial charge on any atom is -0.460 e. The van der Waals surface area contributed by atoms with Gasteiger partial charge in [0.25, 0.3) is 0 Å². The smallest absolute Gasteiger partial charge is 0.336 e. The number of hydrogen-bond acceptors (Lipinski definition) is 5. The summed E-state index contributed by atoms with van der Waals surface area (Å²) >= 11 is 0. The van der Waals surface area contributed by atoms with Crippen LogP contribution in [0, 0.1) is 6.92 Å². The third-order valence-electron chi connectivity index (χ3n) is 4.12. The molecule has 0 amide bonds. The molecule has 0 aliphatic heterocycles. The van der Waals surface area contributed by atoms with Crippen LogP contribution in [0.25, 0.3) is 11.4 Å². The molecule has 0 aliphatic carbocycles. The van der Waals surface area contributed by atoms with Crippen LogP contribution in [0.4, 0.5) is 0 Å². The molecule has 0 saturated carbocycles. The molecule has 6 nitrogen and oxygen atoms in total. The number of carbonyl (C=O) groups is 1. The summed E-state index contributed by atoms with van der Waals surface area (Å²) in [6.45, 7) is 2.77. The summed E-state index contributed by atoms with van der Waals surface area (Å²) in [5.41, 5.74) is 3.07. The highest BCUT2D eigenvalue weighted by atomic mass is 16.5. The summed E-state index contributed by atoms with van der Waals surface area (Å²) in [5.74, 6) is 0.365. The molecule has 0 radical (unpaired) electrons. The molecular weight excluding hydrogens is 342 g/mol. The van der Waals surface area contributed by atoms with Crippen molar-refractivity contribution in [1.82, 2.24) is 14.8 Å². The minimum absolute atomic E-state index is 0.122. The number of nitrogens with zero attached hydrogens (tertiary/aromatic N) is 3. The van der Waals surface area contributed by atoms with Gasteiger partial charge in [0.2, 0.25) is 5.91 Å². The molecule has 0 bridgehead atoms. The second-order valence-electron chi connectivity index (χ2n) is 6.22. The van der Waals surface area contributed by atoms with E-state index in [1.54, 1.807) is 7.11 Å². The van der Waals surface area contributed by atoms with Crippen LogP contribution in [0.1, 0.15) is 22.3 Å². The maximum Gasteiger partial charge on any atom is 0.336 e. The molecule has 1 heterocycles. The maximum atomic E-state index is 12.8. The number of aryl methyl sites for hydroxylation is 2. The second kappa shape index (κ2) is 9.09. The lowest BCUT2D eigenvalue weighted by molar-refractivity contribution is 0.0885. The molecule has 3 rings (SSSR count). The van der Waals surface area contributed by atoms with E-state index in [4.69, 9.17) is 9.47 Å². The summed E-state index contributed by atoms with van der Waals surface area (Å²) in [5, 5.41) is 4.27. The predicted octanol–water partition coefficient (Wildman–Crippen LogP) is 3.55. The quantitative estimate of drug-likeness (QED) is 0.571. The summed E-state index contributed by atoms with van der Waals surface area (Å²) in [7, 11) is 1.60. The largest absolute Gasteiger partial charge is 0.460 e. The van der Waals surface area contributed by atoms with E-state index in [2.05, 4.69) is 10.1 Å². The number of aromatic nitrogens is 3. The molecule has 1 aromatic heterocycles. The molecule has 0 N–H and O–H groups in total. The number of ether oxygens (including phenoxy) is 2. The van der Waals surface area contributed by atoms with Crippen LogP contribution >= 0.6 is 0 Å². The molecular formula is C21H23N3O3. The summed E-state index contributed by atoms with van der Waals surface area (Å²) < 4.78 is 11.8. The second-order valence-corrected chi connectivity index (χ2v) is 6.22. The van der Waals surface area contributed by atoms with Gasteiger partial charge in [0.05, 0.1) is 6.61 Å². The van der Waals surface area contributed by atoms with Crippen LogP contribution in [0.5, 0.6) is 6.01 Å². The molecule has 6 heteroatoms. The van der Waals surface area contributed by atoms with Crippen molar-refractivity contribution in [3.8, 4) is 17.4 Å². The van der Waals surface area contributed by atoms with E-state index in [1.165, 1.54) is 4.68 Å². The fraction of sp³-hybridized carbons (Fsp3) is 0.286. The fourth-order valence-corrected chi connectivity index (χ4v) is 2.64. The Labute approximate surface area is 158 Å². The molecule has 0 spiro atoms. The van der Waals surface area contributed by atoms with Crippen LogP contribution in [0.3, 0.4) is 0 Å². The fourth-order valence-electron chi connectivity index (χ4n) is 2.64. The highest BCUT2D eigenvalue weighted by Crippen LogP contribution is 2.21. The zero-order valence-electron chi connectivity index (χ0n) is 15.6. The van der Waals surface area contributed by atoms with Gasteiger partial charge in [-0.25, -0.2) is 0 Å². The van der Waals surface area contributed by atoms with E-state index in [0.717, 1.165) is 16.7 Å². The van der Waals surface area contributed by atoms with Crippen molar-refractivity contribution in [3.05, 3.63) is 65.7 Å². The zero-order chi connectivity index (χ0) is 19.1. The van der Waals surface area contributed by atoms with Crippen molar-refractivity contribution in [2.75, 3.05) is 20.3 Å². The normalized spacial score (nSPS) is 10.7. The highest BCUT2D eigenvalue weighted by molar-refractivity contribution is 5.82. The molecule has 0 fully saturated rings. The summed E-state index contributed by atoms with van der Waals surface area (Å²) in [6.07, 6.45) is 0.983. The lowest BCUT2D eigenvalue weighted by atomic mass is 10.1. The lowest BCUT2D eigenvalue weighted by Gasteiger charge is -2.05. The Balaban J connectivity index is 1.82. The Morgan fingerprint density at radius 1 is 1.04 bits per heavy atom. The Hall–Kier alpha value is -2.99. The van der Waals surface area contributed by atoms with Gasteiger partial charge < -0.3 is 9.47 Å². The van der Waals surface area contributed by atoms with Crippen molar-refractivity contribution in [2.45, 2.75) is 19.8 Å². The van der Waals surface area contributed by atoms with Crippen LogP contribution in [0.15, 0.2) is 54.6 Å². The molecule has 0 saturated heterocycles. The molecule has 3 aromatic rings. The van der Waals surface area contributed by atoms with E-state index < -0.39 is 0 Å². The van der Waals surface area contributed by atoms with E-state index >= 15 is 0 Å². The monoisotopic (exact) mass is 365 g/mol. The van der Waals surface area contributed by atoms with Crippen LogP contribution in [0.2, 0.25) is 0 Å². The van der Waals surface area contributed by atoms with E-state index in [-0.39, 0.29) is 11.9 Å². The van der Waals surface area contributed by atoms with Gasteiger partial charge in [-0.15, -0.1) is 5.10 Å². The first-order valence-electron chi connectivity index (χ1n) is 8.90. The Kier molecular flexibility index (Phi) is 6.33. The first-order valence-corrected chi connectivity index (χ1v) is 8.90. The van der Waals surface area contributed by atoms with Crippen molar-refractivity contribution in [3.63, 3.8) is 0 Å². The van der Waals surface area contributed by atoms with Crippen molar-refractivity contribution >= 4 is 5.91 Å². The maximum absolute atomic E-state index is 12.8. The van der Waals surface area contributed by atoms with Gasteiger partial charge in [-0.05, 0) is 18.9 Å². The van der Waals surface area contributed by atoms with Gasteiger partial charge in [0, 0.05) is 19.1 Å². The Morgan fingerprint density at radius 3 is 2.48 bits per heavy atom. The first kappa shape index (κ1) is 18.8. The number of methoxy groups -OCH3 is 1. The lowest BCUT2D eigenvalue weighted by Crippen LogP contribution is -2.15. The van der Waals surface area contributed by atoms with E-state index in [0.29, 0.717) is 31.9 Å². The number of hydrogen-bond donors (Lipinski definition) is 0. The molecule has 0 atom stereocenters. The molecule has 140 valence electrons. The van der Waals surface area contributed by atoms with Gasteiger partial charge in [0.15, 0.2) is 5.82 Å². The minimum atomic E-state index is -0.122. The number of benzene rings is 2. The average molecular weight is 365 g/mol. The molecule has 27 heavy (non-hydrogen) atoms. The SMILES string of the molecule is COCCOc1nc(-c2ccc(C)cc2)n(C(=O)CCc2ccccc2)n1. The third kappa shape index (κ3) is 5.01. The zero-order valence-corrected chi connectivity index (χ0v) is 15.6. The van der Waals surface area contributed by atoms with Gasteiger partial charge in [0.1, 0.15) is 6.61 Å². The van der Waals surface area contributed by atoms with Crippen molar-refractivity contribution in [1.29, 1.82) is 0 Å². The first-order chi connectivity index (χ1) is 13.2. The van der Waals surface area contributed by atoms with E-state index in [1.807, 2.05) is 61.5 Å². The standard InChI is InChI=1S/C21H23N3O3/c1-16-8-11-18(12-9-16)20-22-21(27-15-14-26-2)23-24(20)19(25)13-10-17-6-4-3-5-7-17/h3-9,11-12H,10,13-15H2,1-2H3. The van der Waals surface area contributed by atoms with Gasteiger partial charge >= 0.3 is 6.01 Å². The van der Waals surface area contributed by atoms with Crippen LogP contribution < -0.4 is 4.74 Å². The number of rotatable bonds is 8.